The molecule has 7 heteroatoms. The van der Waals surface area contributed by atoms with Gasteiger partial charge >= 0.3 is 0 Å². The number of halogens is 3. The Morgan fingerprint density at radius 1 is 1.33 bits per heavy atom. The summed E-state index contributed by atoms with van der Waals surface area (Å²) < 4.78 is 39.2. The number of hydrogen-bond acceptors (Lipinski definition) is 3. The summed E-state index contributed by atoms with van der Waals surface area (Å²) in [6.07, 6.45) is 1.76. The van der Waals surface area contributed by atoms with E-state index in [9.17, 15) is 18.0 Å². The van der Waals surface area contributed by atoms with Gasteiger partial charge in [-0.2, -0.15) is 12.6 Å². The molecule has 1 N–H and O–H groups in total. The molecule has 1 aromatic carbocycles. The molecule has 1 fully saturated rings. The standard InChI is InChI=1S/C14H16F3N2OS/c15-10-7-12(17)11(16)6-9(10)2-1-3-14(20)19-5-4-18-13(21)8-19/h1,6-7,13,18,21H,2-5,8H2. The lowest BCUT2D eigenvalue weighted by Crippen LogP contribution is -2.50. The molecular weight excluding hydrogens is 301 g/mol. The van der Waals surface area contributed by atoms with Gasteiger partial charge in [-0.25, -0.2) is 13.2 Å². The van der Waals surface area contributed by atoms with Gasteiger partial charge in [0.1, 0.15) is 5.82 Å². The van der Waals surface area contributed by atoms with Crippen molar-refractivity contribution in [3.05, 3.63) is 41.6 Å². The van der Waals surface area contributed by atoms with Crippen LogP contribution in [0.25, 0.3) is 0 Å². The van der Waals surface area contributed by atoms with E-state index in [0.29, 0.717) is 25.7 Å². The number of carbonyl (C=O) groups is 1. The van der Waals surface area contributed by atoms with Gasteiger partial charge in [-0.1, -0.05) is 0 Å². The lowest BCUT2D eigenvalue weighted by Gasteiger charge is -2.31. The second-order valence-corrected chi connectivity index (χ2v) is 5.49. The molecule has 1 unspecified atom stereocenters. The number of benzene rings is 1. The molecule has 1 amide bonds. The fourth-order valence-electron chi connectivity index (χ4n) is 2.16. The summed E-state index contributed by atoms with van der Waals surface area (Å²) in [6, 6.07) is 1.34. The maximum Gasteiger partial charge on any atom is 0.222 e. The highest BCUT2D eigenvalue weighted by atomic mass is 32.1. The van der Waals surface area contributed by atoms with Gasteiger partial charge in [0.15, 0.2) is 11.6 Å². The predicted molar refractivity (Wildman–Crippen MR) is 76.3 cm³/mol. The van der Waals surface area contributed by atoms with Gasteiger partial charge in [-0.15, -0.1) is 0 Å². The number of carbonyl (C=O) groups excluding carboxylic acids is 1. The molecule has 1 aliphatic heterocycles. The Hall–Kier alpha value is -1.21. The number of nitrogens with zero attached hydrogens (tertiary/aromatic N) is 1. The first kappa shape index (κ1) is 16.2. The molecule has 2 rings (SSSR count). The normalized spacial score (nSPS) is 18.9. The van der Waals surface area contributed by atoms with E-state index in [2.05, 4.69) is 17.9 Å². The Bertz CT molecular complexity index is 527. The van der Waals surface area contributed by atoms with Crippen LogP contribution in [-0.4, -0.2) is 35.8 Å². The largest absolute Gasteiger partial charge is 0.339 e. The highest BCUT2D eigenvalue weighted by Crippen LogP contribution is 2.16. The zero-order chi connectivity index (χ0) is 15.4. The van der Waals surface area contributed by atoms with Crippen molar-refractivity contribution in [2.75, 3.05) is 19.6 Å². The third-order valence-electron chi connectivity index (χ3n) is 3.28. The van der Waals surface area contributed by atoms with Gasteiger partial charge in [0, 0.05) is 32.1 Å². The molecule has 0 aromatic heterocycles. The molecule has 0 aliphatic carbocycles. The van der Waals surface area contributed by atoms with Crippen LogP contribution in [0.5, 0.6) is 0 Å². The van der Waals surface area contributed by atoms with Crippen molar-refractivity contribution in [3.63, 3.8) is 0 Å². The van der Waals surface area contributed by atoms with Crippen LogP contribution in [0.4, 0.5) is 13.2 Å². The van der Waals surface area contributed by atoms with E-state index in [4.69, 9.17) is 0 Å². The molecule has 1 aromatic rings. The third-order valence-corrected chi connectivity index (χ3v) is 3.63. The number of piperazine rings is 1. The molecule has 0 spiro atoms. The molecule has 21 heavy (non-hydrogen) atoms. The van der Waals surface area contributed by atoms with Crippen LogP contribution in [0.15, 0.2) is 12.1 Å². The lowest BCUT2D eigenvalue weighted by molar-refractivity contribution is -0.131. The lowest BCUT2D eigenvalue weighted by atomic mass is 10.1. The van der Waals surface area contributed by atoms with Gasteiger partial charge in [0.2, 0.25) is 5.91 Å². The fraction of sp³-hybridized carbons (Fsp3) is 0.429. The first-order valence-electron chi connectivity index (χ1n) is 6.61. The van der Waals surface area contributed by atoms with Gasteiger partial charge in [0.05, 0.1) is 5.37 Å². The SMILES string of the molecule is O=C(C[CH]Cc1cc(F)c(F)cc1F)N1CCNC(S)C1. The van der Waals surface area contributed by atoms with Crippen molar-refractivity contribution in [2.45, 2.75) is 18.2 Å². The second kappa shape index (κ2) is 7.17. The third kappa shape index (κ3) is 4.38. The van der Waals surface area contributed by atoms with Crippen molar-refractivity contribution in [2.24, 2.45) is 0 Å². The topological polar surface area (TPSA) is 32.3 Å². The molecular formula is C14H16F3N2OS. The van der Waals surface area contributed by atoms with Crippen molar-refractivity contribution in [3.8, 4) is 0 Å². The molecule has 1 aliphatic rings. The number of amides is 1. The highest BCUT2D eigenvalue weighted by Gasteiger charge is 2.20. The van der Waals surface area contributed by atoms with E-state index < -0.39 is 17.5 Å². The first-order chi connectivity index (χ1) is 9.97. The Morgan fingerprint density at radius 3 is 2.76 bits per heavy atom. The molecule has 3 nitrogen and oxygen atoms in total. The average molecular weight is 317 g/mol. The molecule has 0 saturated carbocycles. The minimum Gasteiger partial charge on any atom is -0.339 e. The second-order valence-electron chi connectivity index (χ2n) is 4.86. The summed E-state index contributed by atoms with van der Waals surface area (Å²) in [4.78, 5) is 13.6. The Balaban J connectivity index is 1.84. The maximum absolute atomic E-state index is 13.4. The van der Waals surface area contributed by atoms with Crippen molar-refractivity contribution in [1.82, 2.24) is 10.2 Å². The summed E-state index contributed by atoms with van der Waals surface area (Å²) in [5.41, 5.74) is 0.0362. The Morgan fingerprint density at radius 2 is 2.05 bits per heavy atom. The van der Waals surface area contributed by atoms with E-state index in [0.717, 1.165) is 6.07 Å². The van der Waals surface area contributed by atoms with Crippen LogP contribution >= 0.6 is 12.6 Å². The van der Waals surface area contributed by atoms with Gasteiger partial charge in [-0.3, -0.25) is 4.79 Å². The average Bonchev–Trinajstić information content (AvgIpc) is 2.44. The Labute approximate surface area is 126 Å². The van der Waals surface area contributed by atoms with Crippen LogP contribution in [0, 0.1) is 23.9 Å². The summed E-state index contributed by atoms with van der Waals surface area (Å²) in [5.74, 6) is -3.20. The van der Waals surface area contributed by atoms with E-state index in [1.165, 1.54) is 0 Å². The minimum absolute atomic E-state index is 0.0362. The fourth-order valence-corrected chi connectivity index (χ4v) is 2.48. The minimum atomic E-state index is -1.21. The molecule has 1 radical (unpaired) electrons. The van der Waals surface area contributed by atoms with Crippen LogP contribution < -0.4 is 5.32 Å². The van der Waals surface area contributed by atoms with Gasteiger partial charge < -0.3 is 10.2 Å². The van der Waals surface area contributed by atoms with Crippen LogP contribution in [0.3, 0.4) is 0 Å². The molecule has 0 bridgehead atoms. The monoisotopic (exact) mass is 317 g/mol. The summed E-state index contributed by atoms with van der Waals surface area (Å²) in [5, 5.41) is 3.05. The van der Waals surface area contributed by atoms with Crippen molar-refractivity contribution < 1.29 is 18.0 Å². The molecule has 1 atom stereocenters. The van der Waals surface area contributed by atoms with Crippen molar-refractivity contribution in [1.29, 1.82) is 0 Å². The van der Waals surface area contributed by atoms with E-state index in [1.807, 2.05) is 0 Å². The number of nitrogens with one attached hydrogen (secondary N) is 1. The smallest absolute Gasteiger partial charge is 0.222 e. The Kier molecular flexibility index (Phi) is 5.52. The zero-order valence-corrected chi connectivity index (χ0v) is 12.2. The van der Waals surface area contributed by atoms with E-state index >= 15 is 0 Å². The van der Waals surface area contributed by atoms with Crippen LogP contribution in [0.1, 0.15) is 12.0 Å². The van der Waals surface area contributed by atoms with E-state index in [-0.39, 0.29) is 29.7 Å². The number of hydrogen-bond donors (Lipinski definition) is 2. The molecule has 1 heterocycles. The summed E-state index contributed by atoms with van der Waals surface area (Å²) >= 11 is 4.26. The number of rotatable bonds is 4. The summed E-state index contributed by atoms with van der Waals surface area (Å²) in [6.45, 7) is 1.79. The van der Waals surface area contributed by atoms with Crippen LogP contribution in [-0.2, 0) is 11.2 Å². The summed E-state index contributed by atoms with van der Waals surface area (Å²) in [7, 11) is 0. The van der Waals surface area contributed by atoms with Gasteiger partial charge in [0.25, 0.3) is 0 Å². The quantitative estimate of drug-likeness (QED) is 0.657. The highest BCUT2D eigenvalue weighted by molar-refractivity contribution is 7.80. The molecule has 1 saturated heterocycles. The predicted octanol–water partition coefficient (Wildman–Crippen LogP) is 1.93. The van der Waals surface area contributed by atoms with Crippen LogP contribution in [0.2, 0.25) is 0 Å². The van der Waals surface area contributed by atoms with Crippen molar-refractivity contribution >= 4 is 18.5 Å². The maximum atomic E-state index is 13.4. The van der Waals surface area contributed by atoms with Gasteiger partial charge in [-0.05, 0) is 24.5 Å². The first-order valence-corrected chi connectivity index (χ1v) is 7.13. The van der Waals surface area contributed by atoms with E-state index in [1.54, 1.807) is 11.3 Å². The number of thiol groups is 1. The molecule has 115 valence electrons. The zero-order valence-electron chi connectivity index (χ0n) is 11.3.